The van der Waals surface area contributed by atoms with Crippen molar-refractivity contribution in [2.45, 2.75) is 46.3 Å². The molecule has 2 nitrogen and oxygen atoms in total. The van der Waals surface area contributed by atoms with Crippen LogP contribution in [0.4, 0.5) is 5.69 Å². The van der Waals surface area contributed by atoms with Crippen LogP contribution in [0.3, 0.4) is 0 Å². The molecule has 1 aromatic carbocycles. The van der Waals surface area contributed by atoms with E-state index in [1.807, 2.05) is 18.2 Å². The van der Waals surface area contributed by atoms with Gasteiger partial charge in [0.05, 0.1) is 16.8 Å². The van der Waals surface area contributed by atoms with Gasteiger partial charge in [0.1, 0.15) is 0 Å². The maximum Gasteiger partial charge on any atom is 0.0762 e. The fourth-order valence-electron chi connectivity index (χ4n) is 1.96. The average Bonchev–Trinajstić information content (AvgIpc) is 2.31. The number of nitrogens with zero attached hydrogens (tertiary/aromatic N) is 1. The van der Waals surface area contributed by atoms with Crippen molar-refractivity contribution in [1.82, 2.24) is 0 Å². The van der Waals surface area contributed by atoms with E-state index in [9.17, 15) is 5.11 Å². The largest absolute Gasteiger partial charge is 0.389 e. The van der Waals surface area contributed by atoms with E-state index in [1.54, 1.807) is 6.92 Å². The first kappa shape index (κ1) is 14.3. The number of rotatable bonds is 5. The van der Waals surface area contributed by atoms with Crippen LogP contribution in [0.2, 0.25) is 5.02 Å². The quantitative estimate of drug-likeness (QED) is 0.859. The minimum atomic E-state index is -0.472. The van der Waals surface area contributed by atoms with Crippen molar-refractivity contribution in [3.63, 3.8) is 0 Å². The van der Waals surface area contributed by atoms with E-state index >= 15 is 0 Å². The van der Waals surface area contributed by atoms with Crippen molar-refractivity contribution in [3.8, 4) is 0 Å². The van der Waals surface area contributed by atoms with Gasteiger partial charge in [-0.05, 0) is 44.9 Å². The SMILES string of the molecule is CCC(C)N(CC)c1ccc(C(C)O)cc1Cl. The summed E-state index contributed by atoms with van der Waals surface area (Å²) in [5, 5.41) is 10.2. The molecule has 0 bridgehead atoms. The van der Waals surface area contributed by atoms with Gasteiger partial charge in [-0.3, -0.25) is 0 Å². The number of halogens is 1. The molecular formula is C14H22ClNO. The van der Waals surface area contributed by atoms with Crippen molar-refractivity contribution in [2.24, 2.45) is 0 Å². The summed E-state index contributed by atoms with van der Waals surface area (Å²) in [6, 6.07) is 6.26. The van der Waals surface area contributed by atoms with E-state index < -0.39 is 6.10 Å². The van der Waals surface area contributed by atoms with Crippen molar-refractivity contribution in [1.29, 1.82) is 0 Å². The zero-order chi connectivity index (χ0) is 13.0. The molecule has 1 rings (SSSR count). The Balaban J connectivity index is 3.05. The van der Waals surface area contributed by atoms with Crippen LogP contribution in [-0.2, 0) is 0 Å². The molecule has 0 aliphatic rings. The maximum atomic E-state index is 9.52. The number of hydrogen-bond donors (Lipinski definition) is 1. The molecule has 1 aromatic rings. The van der Waals surface area contributed by atoms with Crippen LogP contribution >= 0.6 is 11.6 Å². The van der Waals surface area contributed by atoms with Gasteiger partial charge in [0.25, 0.3) is 0 Å². The third-order valence-electron chi connectivity index (χ3n) is 3.23. The Labute approximate surface area is 109 Å². The summed E-state index contributed by atoms with van der Waals surface area (Å²) in [5.74, 6) is 0. The monoisotopic (exact) mass is 255 g/mol. The second-order valence-electron chi connectivity index (χ2n) is 4.43. The molecule has 0 amide bonds. The molecule has 96 valence electrons. The second-order valence-corrected chi connectivity index (χ2v) is 4.84. The van der Waals surface area contributed by atoms with E-state index in [-0.39, 0.29) is 0 Å². The molecule has 2 unspecified atom stereocenters. The van der Waals surface area contributed by atoms with Gasteiger partial charge in [0.2, 0.25) is 0 Å². The van der Waals surface area contributed by atoms with Gasteiger partial charge in [0.15, 0.2) is 0 Å². The Bertz CT molecular complexity index is 365. The first-order chi connectivity index (χ1) is 8.01. The Morgan fingerprint density at radius 3 is 2.35 bits per heavy atom. The minimum Gasteiger partial charge on any atom is -0.389 e. The van der Waals surface area contributed by atoms with Crippen molar-refractivity contribution in [3.05, 3.63) is 28.8 Å². The Kier molecular flexibility index (Phi) is 5.29. The molecule has 0 aromatic heterocycles. The zero-order valence-electron chi connectivity index (χ0n) is 11.1. The molecular weight excluding hydrogens is 234 g/mol. The Hall–Kier alpha value is -0.730. The third-order valence-corrected chi connectivity index (χ3v) is 3.53. The average molecular weight is 256 g/mol. The maximum absolute atomic E-state index is 9.52. The summed E-state index contributed by atoms with van der Waals surface area (Å²) in [7, 11) is 0. The summed E-state index contributed by atoms with van der Waals surface area (Å²) in [4.78, 5) is 2.29. The first-order valence-electron chi connectivity index (χ1n) is 6.25. The smallest absolute Gasteiger partial charge is 0.0762 e. The third kappa shape index (κ3) is 3.36. The van der Waals surface area contributed by atoms with Crippen LogP contribution in [0.15, 0.2) is 18.2 Å². The van der Waals surface area contributed by atoms with Crippen molar-refractivity contribution in [2.75, 3.05) is 11.4 Å². The highest BCUT2D eigenvalue weighted by atomic mass is 35.5. The van der Waals surface area contributed by atoms with Crippen molar-refractivity contribution >= 4 is 17.3 Å². The van der Waals surface area contributed by atoms with Crippen LogP contribution in [-0.4, -0.2) is 17.7 Å². The van der Waals surface area contributed by atoms with Gasteiger partial charge >= 0.3 is 0 Å². The Morgan fingerprint density at radius 2 is 1.94 bits per heavy atom. The molecule has 0 saturated carbocycles. The van der Waals surface area contributed by atoms with Crippen LogP contribution in [0.5, 0.6) is 0 Å². The summed E-state index contributed by atoms with van der Waals surface area (Å²) in [5.41, 5.74) is 1.91. The molecule has 0 spiro atoms. The van der Waals surface area contributed by atoms with E-state index in [2.05, 4.69) is 25.7 Å². The van der Waals surface area contributed by atoms with Gasteiger partial charge < -0.3 is 10.0 Å². The summed E-state index contributed by atoms with van der Waals surface area (Å²) >= 11 is 6.30. The normalized spacial score (nSPS) is 14.5. The molecule has 0 aliphatic heterocycles. The zero-order valence-corrected chi connectivity index (χ0v) is 11.8. The number of aliphatic hydroxyl groups excluding tert-OH is 1. The molecule has 0 saturated heterocycles. The number of aliphatic hydroxyl groups is 1. The van der Waals surface area contributed by atoms with Gasteiger partial charge in [-0.15, -0.1) is 0 Å². The number of hydrogen-bond acceptors (Lipinski definition) is 2. The van der Waals surface area contributed by atoms with Gasteiger partial charge in [-0.25, -0.2) is 0 Å². The highest BCUT2D eigenvalue weighted by Gasteiger charge is 2.15. The molecule has 17 heavy (non-hydrogen) atoms. The van der Waals surface area contributed by atoms with Crippen molar-refractivity contribution < 1.29 is 5.11 Å². The Morgan fingerprint density at radius 1 is 1.29 bits per heavy atom. The van der Waals surface area contributed by atoms with E-state index in [0.717, 1.165) is 24.2 Å². The van der Waals surface area contributed by atoms with Crippen LogP contribution in [0.1, 0.15) is 45.8 Å². The van der Waals surface area contributed by atoms with Crippen LogP contribution < -0.4 is 4.90 Å². The number of benzene rings is 1. The standard InChI is InChI=1S/C14H22ClNO/c1-5-10(3)16(6-2)14-8-7-12(11(4)17)9-13(14)15/h7-11,17H,5-6H2,1-4H3. The van der Waals surface area contributed by atoms with E-state index in [4.69, 9.17) is 11.6 Å². The topological polar surface area (TPSA) is 23.5 Å². The minimum absolute atomic E-state index is 0.468. The van der Waals surface area contributed by atoms with Gasteiger partial charge in [0, 0.05) is 12.6 Å². The molecule has 0 aliphatic carbocycles. The molecule has 0 heterocycles. The highest BCUT2D eigenvalue weighted by Crippen LogP contribution is 2.30. The predicted molar refractivity (Wildman–Crippen MR) is 74.9 cm³/mol. The molecule has 0 radical (unpaired) electrons. The van der Waals surface area contributed by atoms with Crippen LogP contribution in [0, 0.1) is 0 Å². The molecule has 1 N–H and O–H groups in total. The first-order valence-corrected chi connectivity index (χ1v) is 6.63. The summed E-state index contributed by atoms with van der Waals surface area (Å²) < 4.78 is 0. The lowest BCUT2D eigenvalue weighted by Crippen LogP contribution is -2.32. The predicted octanol–water partition coefficient (Wildman–Crippen LogP) is 4.02. The summed E-state index contributed by atoms with van der Waals surface area (Å²) in [6.07, 6.45) is 0.614. The van der Waals surface area contributed by atoms with Gasteiger partial charge in [-0.1, -0.05) is 24.6 Å². The molecule has 3 heteroatoms. The van der Waals surface area contributed by atoms with E-state index in [1.165, 1.54) is 0 Å². The lowest BCUT2D eigenvalue weighted by atomic mass is 10.1. The lowest BCUT2D eigenvalue weighted by Gasteiger charge is -2.30. The fraction of sp³-hybridized carbons (Fsp3) is 0.571. The fourth-order valence-corrected chi connectivity index (χ4v) is 2.25. The summed E-state index contributed by atoms with van der Waals surface area (Å²) in [6.45, 7) is 9.18. The highest BCUT2D eigenvalue weighted by molar-refractivity contribution is 6.33. The van der Waals surface area contributed by atoms with Gasteiger partial charge in [-0.2, -0.15) is 0 Å². The molecule has 2 atom stereocenters. The molecule has 0 fully saturated rings. The lowest BCUT2D eigenvalue weighted by molar-refractivity contribution is 0.199. The number of anilines is 1. The second kappa shape index (κ2) is 6.27. The van der Waals surface area contributed by atoms with Crippen LogP contribution in [0.25, 0.3) is 0 Å². The van der Waals surface area contributed by atoms with E-state index in [0.29, 0.717) is 11.1 Å².